The Balaban J connectivity index is 1.83. The van der Waals surface area contributed by atoms with Crippen molar-refractivity contribution in [2.24, 2.45) is 10.7 Å². The molecule has 1 amide bonds. The number of amidine groups is 1. The Morgan fingerprint density at radius 2 is 1.96 bits per heavy atom. The first-order valence-corrected chi connectivity index (χ1v) is 9.18. The van der Waals surface area contributed by atoms with Crippen molar-refractivity contribution < 1.29 is 19.1 Å². The van der Waals surface area contributed by atoms with Crippen molar-refractivity contribution >= 4 is 46.5 Å². The van der Waals surface area contributed by atoms with Gasteiger partial charge in [0.2, 0.25) is 0 Å². The van der Waals surface area contributed by atoms with Crippen LogP contribution < -0.4 is 15.2 Å². The Morgan fingerprint density at radius 1 is 1.22 bits per heavy atom. The maximum absolute atomic E-state index is 12.3. The zero-order chi connectivity index (χ0) is 19.4. The number of benzene rings is 2. The van der Waals surface area contributed by atoms with Gasteiger partial charge in [0.1, 0.15) is 0 Å². The van der Waals surface area contributed by atoms with Crippen molar-refractivity contribution in [2.75, 3.05) is 6.61 Å². The second-order valence-electron chi connectivity index (χ2n) is 5.40. The topological polar surface area (TPSA) is 91.0 Å². The molecular weight excluding hydrogens is 388 g/mol. The summed E-state index contributed by atoms with van der Waals surface area (Å²) in [6.07, 6.45) is 1.66. The van der Waals surface area contributed by atoms with Crippen molar-refractivity contribution in [3.8, 4) is 11.5 Å². The van der Waals surface area contributed by atoms with Crippen LogP contribution in [0.3, 0.4) is 0 Å². The molecule has 0 fully saturated rings. The quantitative estimate of drug-likeness (QED) is 0.463. The fourth-order valence-electron chi connectivity index (χ4n) is 2.29. The zero-order valence-corrected chi connectivity index (χ0v) is 15.8. The maximum Gasteiger partial charge on any atom is 0.343 e. The highest BCUT2D eigenvalue weighted by atomic mass is 35.5. The molecule has 0 radical (unpaired) electrons. The molecule has 2 aromatic carbocycles. The first-order chi connectivity index (χ1) is 13.0. The third-order valence-electron chi connectivity index (χ3n) is 3.48. The van der Waals surface area contributed by atoms with Crippen molar-refractivity contribution in [1.29, 1.82) is 0 Å². The minimum absolute atomic E-state index is 0.213. The van der Waals surface area contributed by atoms with Crippen molar-refractivity contribution in [3.05, 3.63) is 63.5 Å². The highest BCUT2D eigenvalue weighted by molar-refractivity contribution is 8.18. The summed E-state index contributed by atoms with van der Waals surface area (Å²) in [7, 11) is 0. The van der Waals surface area contributed by atoms with Gasteiger partial charge in [-0.05, 0) is 66.7 Å². The van der Waals surface area contributed by atoms with Gasteiger partial charge >= 0.3 is 5.97 Å². The summed E-state index contributed by atoms with van der Waals surface area (Å²) in [6, 6.07) is 11.4. The van der Waals surface area contributed by atoms with E-state index in [-0.39, 0.29) is 16.8 Å². The Kier molecular flexibility index (Phi) is 5.83. The molecule has 3 rings (SSSR count). The highest BCUT2D eigenvalue weighted by Crippen LogP contribution is 2.32. The molecule has 0 saturated carbocycles. The SMILES string of the molecule is CCOc1cc(/C=C2\SC(N)=NC2=O)ccc1OC(=O)c1ccc(Cl)cc1. The van der Waals surface area contributed by atoms with Crippen LogP contribution in [0.15, 0.2) is 52.4 Å². The predicted octanol–water partition coefficient (Wildman–Crippen LogP) is 3.89. The van der Waals surface area contributed by atoms with Gasteiger partial charge in [0.25, 0.3) is 5.91 Å². The number of amides is 1. The Hall–Kier alpha value is -2.77. The van der Waals surface area contributed by atoms with E-state index in [9.17, 15) is 9.59 Å². The predicted molar refractivity (Wildman–Crippen MR) is 106 cm³/mol. The number of rotatable bonds is 5. The normalized spacial score (nSPS) is 15.0. The van der Waals surface area contributed by atoms with Gasteiger partial charge in [-0.1, -0.05) is 17.7 Å². The second kappa shape index (κ2) is 8.28. The summed E-state index contributed by atoms with van der Waals surface area (Å²) < 4.78 is 11.0. The van der Waals surface area contributed by atoms with E-state index in [2.05, 4.69) is 4.99 Å². The van der Waals surface area contributed by atoms with Gasteiger partial charge in [-0.2, -0.15) is 4.99 Å². The number of ether oxygens (including phenoxy) is 2. The molecule has 0 bridgehead atoms. The van der Waals surface area contributed by atoms with Crippen LogP contribution >= 0.6 is 23.4 Å². The fourth-order valence-corrected chi connectivity index (χ4v) is 3.10. The number of nitrogens with zero attached hydrogens (tertiary/aromatic N) is 1. The van der Waals surface area contributed by atoms with Gasteiger partial charge in [0.05, 0.1) is 17.1 Å². The monoisotopic (exact) mass is 402 g/mol. The zero-order valence-electron chi connectivity index (χ0n) is 14.3. The molecule has 0 spiro atoms. The van der Waals surface area contributed by atoms with E-state index >= 15 is 0 Å². The van der Waals surface area contributed by atoms with Crippen LogP contribution in [-0.2, 0) is 4.79 Å². The number of thioether (sulfide) groups is 1. The standard InChI is InChI=1S/C19H15ClN2O4S/c1-2-25-15-9-11(10-16-17(23)22-19(21)27-16)3-8-14(15)26-18(24)12-4-6-13(20)7-5-12/h3-10H,2H2,1H3,(H2,21,22,23)/b16-10-. The third kappa shape index (κ3) is 4.69. The summed E-state index contributed by atoms with van der Waals surface area (Å²) in [5.74, 6) is -0.242. The molecular formula is C19H15ClN2O4S. The lowest BCUT2D eigenvalue weighted by atomic mass is 10.1. The Bertz CT molecular complexity index is 955. The van der Waals surface area contributed by atoms with Crippen LogP contribution in [0.2, 0.25) is 5.02 Å². The van der Waals surface area contributed by atoms with E-state index in [4.69, 9.17) is 26.8 Å². The van der Waals surface area contributed by atoms with Crippen LogP contribution in [0.4, 0.5) is 0 Å². The van der Waals surface area contributed by atoms with Crippen LogP contribution in [0, 0.1) is 0 Å². The summed E-state index contributed by atoms with van der Waals surface area (Å²) in [6.45, 7) is 2.20. The van der Waals surface area contributed by atoms with Gasteiger partial charge in [-0.3, -0.25) is 4.79 Å². The minimum atomic E-state index is -0.526. The van der Waals surface area contributed by atoms with E-state index in [0.29, 0.717) is 33.4 Å². The molecule has 0 aliphatic carbocycles. The highest BCUT2D eigenvalue weighted by Gasteiger charge is 2.20. The maximum atomic E-state index is 12.3. The Morgan fingerprint density at radius 3 is 2.59 bits per heavy atom. The van der Waals surface area contributed by atoms with E-state index in [1.807, 2.05) is 6.92 Å². The fraction of sp³-hybridized carbons (Fsp3) is 0.105. The second-order valence-corrected chi connectivity index (χ2v) is 6.90. The minimum Gasteiger partial charge on any atom is -0.490 e. The average Bonchev–Trinajstić information content (AvgIpc) is 2.95. The summed E-state index contributed by atoms with van der Waals surface area (Å²) >= 11 is 6.93. The van der Waals surface area contributed by atoms with Crippen LogP contribution in [-0.4, -0.2) is 23.7 Å². The van der Waals surface area contributed by atoms with Crippen LogP contribution in [0.1, 0.15) is 22.8 Å². The summed E-state index contributed by atoms with van der Waals surface area (Å²) in [5.41, 5.74) is 6.62. The van der Waals surface area contributed by atoms with E-state index in [1.165, 1.54) is 0 Å². The molecule has 0 atom stereocenters. The molecule has 1 aliphatic rings. The van der Waals surface area contributed by atoms with E-state index in [1.54, 1.807) is 48.5 Å². The lowest BCUT2D eigenvalue weighted by Crippen LogP contribution is -2.09. The molecule has 8 heteroatoms. The number of esters is 1. The lowest BCUT2D eigenvalue weighted by Gasteiger charge is -2.11. The molecule has 1 aliphatic heterocycles. The molecule has 2 aromatic rings. The van der Waals surface area contributed by atoms with Crippen molar-refractivity contribution in [3.63, 3.8) is 0 Å². The first-order valence-electron chi connectivity index (χ1n) is 7.99. The molecule has 2 N–H and O–H groups in total. The van der Waals surface area contributed by atoms with Crippen LogP contribution in [0.5, 0.6) is 11.5 Å². The molecule has 0 unspecified atom stereocenters. The molecule has 0 saturated heterocycles. The molecule has 27 heavy (non-hydrogen) atoms. The molecule has 138 valence electrons. The van der Waals surface area contributed by atoms with Gasteiger partial charge < -0.3 is 15.2 Å². The number of hydrogen-bond acceptors (Lipinski definition) is 6. The largest absolute Gasteiger partial charge is 0.490 e. The van der Waals surface area contributed by atoms with Crippen LogP contribution in [0.25, 0.3) is 6.08 Å². The number of carbonyl (C=O) groups is 2. The van der Waals surface area contributed by atoms with Gasteiger partial charge in [0.15, 0.2) is 16.7 Å². The molecule has 6 nitrogen and oxygen atoms in total. The number of hydrogen-bond donors (Lipinski definition) is 1. The lowest BCUT2D eigenvalue weighted by molar-refractivity contribution is -0.113. The smallest absolute Gasteiger partial charge is 0.343 e. The molecule has 0 aromatic heterocycles. The number of nitrogens with two attached hydrogens (primary N) is 1. The number of carbonyl (C=O) groups excluding carboxylic acids is 2. The number of halogens is 1. The average molecular weight is 403 g/mol. The first kappa shape index (κ1) is 19.0. The summed E-state index contributed by atoms with van der Waals surface area (Å²) in [5, 5.41) is 0.743. The van der Waals surface area contributed by atoms with E-state index < -0.39 is 5.97 Å². The van der Waals surface area contributed by atoms with Gasteiger partial charge in [-0.15, -0.1) is 0 Å². The number of aliphatic imine (C=N–C) groups is 1. The van der Waals surface area contributed by atoms with E-state index in [0.717, 1.165) is 11.8 Å². The van der Waals surface area contributed by atoms with Crippen molar-refractivity contribution in [1.82, 2.24) is 0 Å². The summed E-state index contributed by atoms with van der Waals surface area (Å²) in [4.78, 5) is 28.1. The van der Waals surface area contributed by atoms with Gasteiger partial charge in [0, 0.05) is 5.02 Å². The Labute approximate surface area is 165 Å². The van der Waals surface area contributed by atoms with Gasteiger partial charge in [-0.25, -0.2) is 4.79 Å². The van der Waals surface area contributed by atoms with Crippen molar-refractivity contribution in [2.45, 2.75) is 6.92 Å². The molecule has 1 heterocycles. The third-order valence-corrected chi connectivity index (χ3v) is 4.55.